The van der Waals surface area contributed by atoms with Crippen LogP contribution in [0.2, 0.25) is 0 Å². The Hall–Kier alpha value is -4.37. The number of nitrogens with zero attached hydrogens (tertiary/aromatic N) is 1. The van der Waals surface area contributed by atoms with Crippen molar-refractivity contribution in [3.05, 3.63) is 102 Å². The molecule has 0 aliphatic carbocycles. The van der Waals surface area contributed by atoms with E-state index in [0.29, 0.717) is 17.9 Å². The summed E-state index contributed by atoms with van der Waals surface area (Å²) in [6.07, 6.45) is -0.809. The molecule has 2 atom stereocenters. The fourth-order valence-electron chi connectivity index (χ4n) is 4.03. The van der Waals surface area contributed by atoms with Crippen molar-refractivity contribution in [2.75, 3.05) is 6.61 Å². The first-order valence-corrected chi connectivity index (χ1v) is 13.5. The first-order valence-electron chi connectivity index (χ1n) is 13.5. The Morgan fingerprint density at radius 3 is 2.05 bits per heavy atom. The molecule has 41 heavy (non-hydrogen) atoms. The Bertz CT molecular complexity index is 1280. The number of amides is 1. The molecule has 218 valence electrons. The van der Waals surface area contributed by atoms with Gasteiger partial charge >= 0.3 is 18.0 Å². The van der Waals surface area contributed by atoms with Crippen molar-refractivity contribution in [3.8, 4) is 5.75 Å². The third-order valence-corrected chi connectivity index (χ3v) is 5.91. The van der Waals surface area contributed by atoms with Crippen LogP contribution in [0.15, 0.2) is 84.9 Å². The van der Waals surface area contributed by atoms with Crippen LogP contribution < -0.4 is 10.2 Å². The van der Waals surface area contributed by atoms with Gasteiger partial charge in [-0.25, -0.2) is 20.0 Å². The first-order chi connectivity index (χ1) is 19.6. The topological polar surface area (TPSA) is 114 Å². The lowest BCUT2D eigenvalue weighted by atomic mass is 10.0. The summed E-state index contributed by atoms with van der Waals surface area (Å²) in [5.74, 6) is -1.32. The maximum absolute atomic E-state index is 13.4. The summed E-state index contributed by atoms with van der Waals surface area (Å²) in [4.78, 5) is 39.0. The van der Waals surface area contributed by atoms with Gasteiger partial charge in [0.2, 0.25) is 0 Å². The molecule has 0 heterocycles. The third kappa shape index (κ3) is 10.3. The van der Waals surface area contributed by atoms with Crippen molar-refractivity contribution < 1.29 is 33.7 Å². The number of esters is 1. The second-order valence-corrected chi connectivity index (χ2v) is 10.5. The maximum Gasteiger partial charge on any atom is 0.425 e. The number of hydrogen-bond donors (Lipinski definition) is 2. The van der Waals surface area contributed by atoms with E-state index in [0.717, 1.165) is 16.1 Å². The number of carboxylic acids is 1. The number of aliphatic carboxylic acids is 1. The molecule has 2 N–H and O–H groups in total. The molecule has 0 radical (unpaired) electrons. The predicted molar refractivity (Wildman–Crippen MR) is 154 cm³/mol. The van der Waals surface area contributed by atoms with E-state index in [1.165, 1.54) is 0 Å². The third-order valence-electron chi connectivity index (χ3n) is 5.91. The Morgan fingerprint density at radius 2 is 1.46 bits per heavy atom. The highest BCUT2D eigenvalue weighted by atomic mass is 16.6. The molecule has 0 unspecified atom stereocenters. The Balaban J connectivity index is 1.87. The van der Waals surface area contributed by atoms with E-state index in [2.05, 4.69) is 5.43 Å². The zero-order valence-corrected chi connectivity index (χ0v) is 23.9. The smallest absolute Gasteiger partial charge is 0.425 e. The standard InChI is InChI=1S/C32H38N2O7/c1-5-39-30(37)28(21-23-13-8-6-9-14-23)34(31(38)41-32(2,3)4)33-27(29(35)36)20-25-17-12-18-26(19-25)40-22-24-15-10-7-11-16-24/h6-19,27-28,33H,5,20-22H2,1-4H3,(H,35,36)/t27-,28-/m0/s1. The van der Waals surface area contributed by atoms with Gasteiger partial charge in [0.05, 0.1) is 6.61 Å². The zero-order valence-electron chi connectivity index (χ0n) is 23.9. The van der Waals surface area contributed by atoms with Gasteiger partial charge in [-0.05, 0) is 56.5 Å². The van der Waals surface area contributed by atoms with Crippen LogP contribution in [-0.2, 0) is 38.5 Å². The van der Waals surface area contributed by atoms with E-state index in [9.17, 15) is 19.5 Å². The minimum atomic E-state index is -1.28. The summed E-state index contributed by atoms with van der Waals surface area (Å²) < 4.78 is 16.8. The van der Waals surface area contributed by atoms with Gasteiger partial charge in [0.25, 0.3) is 0 Å². The van der Waals surface area contributed by atoms with Crippen molar-refractivity contribution in [1.82, 2.24) is 10.4 Å². The van der Waals surface area contributed by atoms with E-state index >= 15 is 0 Å². The van der Waals surface area contributed by atoms with Gasteiger partial charge in [-0.3, -0.25) is 4.79 Å². The van der Waals surface area contributed by atoms with Crippen LogP contribution in [0, 0.1) is 0 Å². The summed E-state index contributed by atoms with van der Waals surface area (Å²) in [5.41, 5.74) is 4.30. The van der Waals surface area contributed by atoms with E-state index in [-0.39, 0.29) is 19.4 Å². The average molecular weight is 563 g/mol. The minimum Gasteiger partial charge on any atom is -0.489 e. The van der Waals surface area contributed by atoms with Gasteiger partial charge < -0.3 is 19.3 Å². The molecule has 1 amide bonds. The number of carbonyl (C=O) groups is 3. The summed E-state index contributed by atoms with van der Waals surface area (Å²) in [6.45, 7) is 7.18. The number of rotatable bonds is 13. The number of benzene rings is 3. The number of hydrogen-bond acceptors (Lipinski definition) is 7. The molecule has 9 nitrogen and oxygen atoms in total. The number of carbonyl (C=O) groups excluding carboxylic acids is 2. The molecule has 0 aromatic heterocycles. The summed E-state index contributed by atoms with van der Waals surface area (Å²) in [7, 11) is 0. The lowest BCUT2D eigenvalue weighted by Gasteiger charge is -2.34. The lowest BCUT2D eigenvalue weighted by molar-refractivity contribution is -0.153. The lowest BCUT2D eigenvalue weighted by Crippen LogP contribution is -2.60. The predicted octanol–water partition coefficient (Wildman–Crippen LogP) is 5.18. The Kier molecular flexibility index (Phi) is 11.3. The number of hydrazine groups is 1. The molecule has 0 saturated heterocycles. The van der Waals surface area contributed by atoms with Gasteiger partial charge in [-0.2, -0.15) is 0 Å². The molecule has 0 fully saturated rings. The summed E-state index contributed by atoms with van der Waals surface area (Å²) >= 11 is 0. The molecular formula is C32H38N2O7. The molecule has 0 bridgehead atoms. The minimum absolute atomic E-state index is 0.00193. The molecule has 3 aromatic rings. The second kappa shape index (κ2) is 14.9. The van der Waals surface area contributed by atoms with Crippen molar-refractivity contribution in [1.29, 1.82) is 0 Å². The average Bonchev–Trinajstić information content (AvgIpc) is 2.93. The van der Waals surface area contributed by atoms with E-state index in [1.54, 1.807) is 52.0 Å². The first kappa shape index (κ1) is 31.2. The Morgan fingerprint density at radius 1 is 0.854 bits per heavy atom. The molecule has 0 aliphatic heterocycles. The fourth-order valence-corrected chi connectivity index (χ4v) is 4.03. The van der Waals surface area contributed by atoms with E-state index in [1.807, 2.05) is 60.7 Å². The molecule has 0 saturated carbocycles. The highest BCUT2D eigenvalue weighted by Crippen LogP contribution is 2.19. The number of nitrogens with one attached hydrogen (secondary N) is 1. The molecule has 3 rings (SSSR count). The Labute approximate surface area is 241 Å². The monoisotopic (exact) mass is 562 g/mol. The van der Waals surface area contributed by atoms with Gasteiger partial charge in [0.15, 0.2) is 6.04 Å². The van der Waals surface area contributed by atoms with Crippen LogP contribution >= 0.6 is 0 Å². The molecule has 9 heteroatoms. The van der Waals surface area contributed by atoms with Crippen LogP contribution in [0.1, 0.15) is 44.4 Å². The zero-order chi connectivity index (χ0) is 29.8. The number of carboxylic acid groups (broad SMARTS) is 1. The summed E-state index contributed by atoms with van der Waals surface area (Å²) in [6, 6.07) is 23.4. The van der Waals surface area contributed by atoms with E-state index in [4.69, 9.17) is 14.2 Å². The largest absolute Gasteiger partial charge is 0.489 e. The molecule has 0 aliphatic rings. The van der Waals surface area contributed by atoms with Crippen molar-refractivity contribution >= 4 is 18.0 Å². The van der Waals surface area contributed by atoms with E-state index < -0.39 is 35.7 Å². The normalized spacial score (nSPS) is 12.6. The molecular weight excluding hydrogens is 524 g/mol. The van der Waals surface area contributed by atoms with Gasteiger partial charge in [0, 0.05) is 12.8 Å². The SMILES string of the molecule is CCOC(=O)[C@H](Cc1ccccc1)N(N[C@@H](Cc1cccc(OCc2ccccc2)c1)C(=O)O)C(=O)OC(C)(C)C. The van der Waals surface area contributed by atoms with Crippen LogP contribution in [0.4, 0.5) is 4.79 Å². The van der Waals surface area contributed by atoms with Crippen molar-refractivity contribution in [2.45, 2.75) is 64.8 Å². The van der Waals surface area contributed by atoms with Gasteiger partial charge in [0.1, 0.15) is 24.0 Å². The summed E-state index contributed by atoms with van der Waals surface area (Å²) in [5, 5.41) is 11.1. The second-order valence-electron chi connectivity index (χ2n) is 10.5. The maximum atomic E-state index is 13.4. The van der Waals surface area contributed by atoms with Crippen LogP contribution in [0.3, 0.4) is 0 Å². The highest BCUT2D eigenvalue weighted by Gasteiger charge is 2.37. The highest BCUT2D eigenvalue weighted by molar-refractivity contribution is 5.82. The van der Waals surface area contributed by atoms with Gasteiger partial charge in [-0.15, -0.1) is 0 Å². The van der Waals surface area contributed by atoms with Gasteiger partial charge in [-0.1, -0.05) is 72.8 Å². The number of ether oxygens (including phenoxy) is 3. The molecule has 0 spiro atoms. The van der Waals surface area contributed by atoms with Crippen LogP contribution in [-0.4, -0.2) is 52.4 Å². The fraction of sp³-hybridized carbons (Fsp3) is 0.344. The van der Waals surface area contributed by atoms with Crippen molar-refractivity contribution in [2.24, 2.45) is 0 Å². The van der Waals surface area contributed by atoms with Crippen LogP contribution in [0.25, 0.3) is 0 Å². The quantitative estimate of drug-likeness (QED) is 0.216. The van der Waals surface area contributed by atoms with Crippen LogP contribution in [0.5, 0.6) is 5.75 Å². The van der Waals surface area contributed by atoms with Crippen molar-refractivity contribution in [3.63, 3.8) is 0 Å². The molecule has 3 aromatic carbocycles.